The summed E-state index contributed by atoms with van der Waals surface area (Å²) in [5.74, 6) is -1.88. The number of carbonyl (C=O) groups is 3. The van der Waals surface area contributed by atoms with Crippen LogP contribution >= 0.6 is 23.1 Å². The van der Waals surface area contributed by atoms with Crippen molar-refractivity contribution in [2.75, 3.05) is 19.8 Å². The molecular formula is C25H26N2O7S2. The number of benzene rings is 1. The van der Waals surface area contributed by atoms with Crippen LogP contribution in [0.25, 0.3) is 0 Å². The van der Waals surface area contributed by atoms with E-state index in [4.69, 9.17) is 9.47 Å². The summed E-state index contributed by atoms with van der Waals surface area (Å²) in [6, 6.07) is 5.28. The van der Waals surface area contributed by atoms with Gasteiger partial charge in [-0.05, 0) is 55.7 Å². The van der Waals surface area contributed by atoms with Crippen molar-refractivity contribution in [3.8, 4) is 11.5 Å². The van der Waals surface area contributed by atoms with E-state index in [1.165, 1.54) is 11.3 Å². The summed E-state index contributed by atoms with van der Waals surface area (Å²) < 4.78 is 10.6. The molecule has 9 nitrogen and oxygen atoms in total. The molecule has 1 saturated heterocycles. The van der Waals surface area contributed by atoms with Crippen molar-refractivity contribution in [2.24, 2.45) is 29.6 Å². The zero-order valence-electron chi connectivity index (χ0n) is 19.8. The quantitative estimate of drug-likeness (QED) is 0.431. The molecule has 2 aliphatic carbocycles. The first kappa shape index (κ1) is 23.6. The van der Waals surface area contributed by atoms with E-state index in [9.17, 15) is 24.3 Å². The number of thiazole rings is 1. The Hall–Kier alpha value is -2.79. The summed E-state index contributed by atoms with van der Waals surface area (Å²) in [7, 11) is 0. The molecule has 6 rings (SSSR count). The summed E-state index contributed by atoms with van der Waals surface area (Å²) >= 11 is 2.78. The van der Waals surface area contributed by atoms with Gasteiger partial charge in [-0.3, -0.25) is 24.1 Å². The molecule has 3 heterocycles. The second-order valence-corrected chi connectivity index (χ2v) is 11.9. The maximum absolute atomic E-state index is 13.5. The van der Waals surface area contributed by atoms with Crippen molar-refractivity contribution in [3.63, 3.8) is 0 Å². The standard InChI is InChI=1S/C25H26N2O7S2/c1-3-33-14-7-10(5-6-13(14)28)16-17-11-8-12(20(17)35-22-21(16)36-25(32)26-22)19-18(11)23(30)27(24(19)31)9-15(29)34-4-2/h5-7,11-12,16-20,28H,3-4,8-9H2,1-2H3,(H,26,32). The first-order valence-corrected chi connectivity index (χ1v) is 13.9. The summed E-state index contributed by atoms with van der Waals surface area (Å²) in [6.07, 6.45) is 0.758. The number of aromatic hydroxyl groups is 1. The number of carbonyl (C=O) groups excluding carboxylic acids is 3. The second kappa shape index (κ2) is 8.65. The highest BCUT2D eigenvalue weighted by Crippen LogP contribution is 2.68. The van der Waals surface area contributed by atoms with E-state index in [2.05, 4.69) is 4.98 Å². The molecule has 36 heavy (non-hydrogen) atoms. The molecule has 2 saturated carbocycles. The molecule has 1 aromatic carbocycles. The fourth-order valence-corrected chi connectivity index (χ4v) is 9.83. The highest BCUT2D eigenvalue weighted by Gasteiger charge is 2.69. The minimum Gasteiger partial charge on any atom is -0.504 e. The van der Waals surface area contributed by atoms with Gasteiger partial charge in [-0.25, -0.2) is 0 Å². The third-order valence-corrected chi connectivity index (χ3v) is 10.6. The van der Waals surface area contributed by atoms with E-state index in [0.29, 0.717) is 12.4 Å². The maximum Gasteiger partial charge on any atom is 0.326 e. The van der Waals surface area contributed by atoms with Crippen LogP contribution in [-0.2, 0) is 19.1 Å². The van der Waals surface area contributed by atoms with E-state index in [1.54, 1.807) is 24.8 Å². The number of hydrogen-bond acceptors (Lipinski definition) is 9. The zero-order valence-corrected chi connectivity index (χ0v) is 21.4. The zero-order chi connectivity index (χ0) is 25.3. The number of nitrogens with zero attached hydrogens (tertiary/aromatic N) is 1. The van der Waals surface area contributed by atoms with Crippen molar-refractivity contribution < 1.29 is 29.0 Å². The van der Waals surface area contributed by atoms with Crippen LogP contribution in [0, 0.1) is 29.6 Å². The fourth-order valence-electron chi connectivity index (χ4n) is 6.94. The van der Waals surface area contributed by atoms with Crippen LogP contribution in [0.15, 0.2) is 28.0 Å². The number of hydrogen-bond donors (Lipinski definition) is 2. The number of aromatic nitrogens is 1. The Bertz CT molecular complexity index is 1320. The number of thioether (sulfide) groups is 1. The van der Waals surface area contributed by atoms with Gasteiger partial charge in [-0.1, -0.05) is 17.4 Å². The van der Waals surface area contributed by atoms with Crippen LogP contribution in [-0.4, -0.2) is 57.8 Å². The summed E-state index contributed by atoms with van der Waals surface area (Å²) in [5, 5.41) is 11.1. The molecule has 190 valence electrons. The molecule has 0 radical (unpaired) electrons. The van der Waals surface area contributed by atoms with E-state index in [0.717, 1.165) is 26.8 Å². The Balaban J connectivity index is 1.40. The molecule has 2 bridgehead atoms. The number of phenols is 1. The van der Waals surface area contributed by atoms with Crippen LogP contribution in [0.5, 0.6) is 11.5 Å². The largest absolute Gasteiger partial charge is 0.504 e. The lowest BCUT2D eigenvalue weighted by molar-refractivity contribution is -0.153. The van der Waals surface area contributed by atoms with E-state index in [-0.39, 0.29) is 64.5 Å². The molecule has 2 aromatic rings. The number of phenolic OH excluding ortho intramolecular Hbond substituents is 1. The van der Waals surface area contributed by atoms with Gasteiger partial charge < -0.3 is 19.6 Å². The van der Waals surface area contributed by atoms with Gasteiger partial charge in [-0.2, -0.15) is 0 Å². The van der Waals surface area contributed by atoms with Gasteiger partial charge in [0.15, 0.2) is 11.5 Å². The number of esters is 1. The fraction of sp³-hybridized carbons (Fsp3) is 0.520. The number of nitrogens with one attached hydrogen (secondary N) is 1. The minimum absolute atomic E-state index is 0.0264. The van der Waals surface area contributed by atoms with Gasteiger partial charge in [-0.15, -0.1) is 11.8 Å². The molecule has 7 unspecified atom stereocenters. The third-order valence-electron chi connectivity index (χ3n) is 8.05. The van der Waals surface area contributed by atoms with Crippen LogP contribution < -0.4 is 9.61 Å². The Kier molecular flexibility index (Phi) is 5.67. The molecule has 2 aliphatic heterocycles. The SMILES string of the molecule is CCOC(=O)CN1C(=O)C2C3CC(C2C1=O)C1C(c2ccc(O)c(OCC)c2)c2sc(=O)[nH]c2SC31. The lowest BCUT2D eigenvalue weighted by Gasteiger charge is -2.43. The highest BCUT2D eigenvalue weighted by atomic mass is 32.2. The lowest BCUT2D eigenvalue weighted by atomic mass is 9.68. The summed E-state index contributed by atoms with van der Waals surface area (Å²) in [5.41, 5.74) is 0.910. The van der Waals surface area contributed by atoms with Crippen molar-refractivity contribution >= 4 is 40.9 Å². The number of H-pyrrole nitrogens is 1. The van der Waals surface area contributed by atoms with Crippen molar-refractivity contribution in [1.82, 2.24) is 9.88 Å². The molecule has 2 N–H and O–H groups in total. The number of rotatable bonds is 6. The topological polar surface area (TPSA) is 126 Å². The van der Waals surface area contributed by atoms with Crippen LogP contribution in [0.1, 0.15) is 36.6 Å². The van der Waals surface area contributed by atoms with Crippen molar-refractivity contribution in [2.45, 2.75) is 36.5 Å². The monoisotopic (exact) mass is 530 g/mol. The Morgan fingerprint density at radius 2 is 1.89 bits per heavy atom. The third kappa shape index (κ3) is 3.35. The molecule has 1 aromatic heterocycles. The van der Waals surface area contributed by atoms with Crippen LogP contribution in [0.4, 0.5) is 0 Å². The normalized spacial score (nSPS) is 31.8. The molecule has 11 heteroatoms. The van der Waals surface area contributed by atoms with Crippen LogP contribution in [0.3, 0.4) is 0 Å². The highest BCUT2D eigenvalue weighted by molar-refractivity contribution is 8.00. The Morgan fingerprint density at radius 1 is 1.14 bits per heavy atom. The minimum atomic E-state index is -0.580. The Morgan fingerprint density at radius 3 is 2.61 bits per heavy atom. The van der Waals surface area contributed by atoms with Gasteiger partial charge in [0.2, 0.25) is 11.8 Å². The molecule has 4 aliphatic rings. The smallest absolute Gasteiger partial charge is 0.326 e. The predicted molar refractivity (Wildman–Crippen MR) is 131 cm³/mol. The predicted octanol–water partition coefficient (Wildman–Crippen LogP) is 2.58. The number of imide groups is 1. The summed E-state index contributed by atoms with van der Waals surface area (Å²) in [6.45, 7) is 3.77. The molecule has 0 spiro atoms. The van der Waals surface area contributed by atoms with Gasteiger partial charge in [0.1, 0.15) is 6.54 Å². The van der Waals surface area contributed by atoms with E-state index < -0.39 is 17.8 Å². The molecule has 3 fully saturated rings. The van der Waals surface area contributed by atoms with E-state index >= 15 is 0 Å². The van der Waals surface area contributed by atoms with Crippen LogP contribution in [0.2, 0.25) is 0 Å². The molecule has 2 amide bonds. The first-order valence-electron chi connectivity index (χ1n) is 12.2. The Labute approximate surface area is 215 Å². The molecule has 7 atom stereocenters. The number of fused-ring (bicyclic) bond motifs is 9. The van der Waals surface area contributed by atoms with E-state index in [1.807, 2.05) is 19.1 Å². The van der Waals surface area contributed by atoms with Gasteiger partial charge in [0.05, 0.1) is 30.1 Å². The van der Waals surface area contributed by atoms with Gasteiger partial charge in [0.25, 0.3) is 0 Å². The van der Waals surface area contributed by atoms with Gasteiger partial charge >= 0.3 is 10.8 Å². The van der Waals surface area contributed by atoms with Gasteiger partial charge in [0, 0.05) is 16.0 Å². The molecular weight excluding hydrogens is 504 g/mol. The second-order valence-electron chi connectivity index (χ2n) is 9.69. The number of likely N-dealkylation sites (tertiary alicyclic amines) is 1. The lowest BCUT2D eigenvalue weighted by Crippen LogP contribution is -2.42. The average molecular weight is 531 g/mol. The van der Waals surface area contributed by atoms with Crippen molar-refractivity contribution in [1.29, 1.82) is 0 Å². The number of ether oxygens (including phenoxy) is 2. The number of amides is 2. The first-order chi connectivity index (χ1) is 17.3. The van der Waals surface area contributed by atoms with Crippen molar-refractivity contribution in [3.05, 3.63) is 38.3 Å². The summed E-state index contributed by atoms with van der Waals surface area (Å²) in [4.78, 5) is 56.1. The number of aromatic amines is 1. The maximum atomic E-state index is 13.5. The average Bonchev–Trinajstić information content (AvgIpc) is 3.57.